The van der Waals surface area contributed by atoms with E-state index in [4.69, 9.17) is 14.2 Å². The molecule has 0 aliphatic rings. The van der Waals surface area contributed by atoms with E-state index in [1.807, 2.05) is 30.3 Å². The highest BCUT2D eigenvalue weighted by Crippen LogP contribution is 2.11. The molecule has 2 aromatic carbocycles. The van der Waals surface area contributed by atoms with Crippen molar-refractivity contribution in [3.8, 4) is 11.5 Å². The summed E-state index contributed by atoms with van der Waals surface area (Å²) in [4.78, 5) is 0. The van der Waals surface area contributed by atoms with Crippen LogP contribution >= 0.6 is 0 Å². The van der Waals surface area contributed by atoms with Gasteiger partial charge in [-0.25, -0.2) is 4.39 Å². The van der Waals surface area contributed by atoms with Crippen molar-refractivity contribution in [1.29, 1.82) is 0 Å². The van der Waals surface area contributed by atoms with Crippen molar-refractivity contribution in [2.24, 2.45) is 0 Å². The molecule has 0 aromatic heterocycles. The van der Waals surface area contributed by atoms with Crippen LogP contribution in [0.5, 0.6) is 11.5 Å². The average Bonchev–Trinajstić information content (AvgIpc) is 2.47. The molecule has 0 unspecified atom stereocenters. The van der Waals surface area contributed by atoms with Gasteiger partial charge in [-0.3, -0.25) is 0 Å². The second-order valence-corrected chi connectivity index (χ2v) is 4.08. The van der Waals surface area contributed by atoms with Gasteiger partial charge in [-0.05, 0) is 24.3 Å². The zero-order chi connectivity index (χ0) is 14.0. The fraction of sp³-hybridized carbons (Fsp3) is 0.250. The van der Waals surface area contributed by atoms with Crippen LogP contribution in [0.2, 0.25) is 0 Å². The number of hydrogen-bond donors (Lipinski definition) is 0. The molecule has 0 N–H and O–H groups in total. The summed E-state index contributed by atoms with van der Waals surface area (Å²) in [5.74, 6) is 1.03. The van der Waals surface area contributed by atoms with Crippen molar-refractivity contribution >= 4 is 0 Å². The van der Waals surface area contributed by atoms with Crippen LogP contribution in [-0.2, 0) is 4.74 Å². The van der Waals surface area contributed by atoms with E-state index >= 15 is 0 Å². The first-order valence-corrected chi connectivity index (χ1v) is 6.48. The summed E-state index contributed by atoms with van der Waals surface area (Å²) in [7, 11) is 0. The Morgan fingerprint density at radius 3 is 2.05 bits per heavy atom. The smallest absolute Gasteiger partial charge is 0.126 e. The lowest BCUT2D eigenvalue weighted by Crippen LogP contribution is -2.12. The largest absolute Gasteiger partial charge is 0.491 e. The maximum Gasteiger partial charge on any atom is 0.126 e. The van der Waals surface area contributed by atoms with E-state index in [0.717, 1.165) is 5.75 Å². The molecule has 0 aliphatic heterocycles. The SMILES string of the molecule is Fc1cccc(OCCOCCOc2ccccc2)c1. The minimum absolute atomic E-state index is 0.306. The van der Waals surface area contributed by atoms with Crippen LogP contribution < -0.4 is 9.47 Å². The monoisotopic (exact) mass is 276 g/mol. The molecule has 0 saturated heterocycles. The van der Waals surface area contributed by atoms with Crippen LogP contribution in [0, 0.1) is 5.82 Å². The Kier molecular flexibility index (Phi) is 5.86. The number of ether oxygens (including phenoxy) is 3. The molecule has 0 heterocycles. The first-order valence-electron chi connectivity index (χ1n) is 6.48. The number of benzene rings is 2. The maximum atomic E-state index is 12.9. The second-order valence-electron chi connectivity index (χ2n) is 4.08. The highest BCUT2D eigenvalue weighted by molar-refractivity contribution is 5.22. The summed E-state index contributed by atoms with van der Waals surface area (Å²) >= 11 is 0. The summed E-state index contributed by atoms with van der Waals surface area (Å²) in [5, 5.41) is 0. The maximum absolute atomic E-state index is 12.9. The number of para-hydroxylation sites is 1. The van der Waals surface area contributed by atoms with Gasteiger partial charge in [0.05, 0.1) is 13.2 Å². The van der Waals surface area contributed by atoms with E-state index in [-0.39, 0.29) is 5.82 Å². The van der Waals surface area contributed by atoms with Crippen LogP contribution in [0.15, 0.2) is 54.6 Å². The zero-order valence-corrected chi connectivity index (χ0v) is 11.1. The number of hydrogen-bond acceptors (Lipinski definition) is 3. The molecule has 0 fully saturated rings. The van der Waals surface area contributed by atoms with Gasteiger partial charge in [-0.2, -0.15) is 0 Å². The van der Waals surface area contributed by atoms with Gasteiger partial charge >= 0.3 is 0 Å². The number of rotatable bonds is 8. The Morgan fingerprint density at radius 1 is 0.700 bits per heavy atom. The number of halogens is 1. The van der Waals surface area contributed by atoms with Crippen LogP contribution in [0.4, 0.5) is 4.39 Å². The van der Waals surface area contributed by atoms with Crippen LogP contribution in [-0.4, -0.2) is 26.4 Å². The molecule has 0 atom stereocenters. The van der Waals surface area contributed by atoms with Gasteiger partial charge in [-0.1, -0.05) is 24.3 Å². The molecule has 0 radical (unpaired) electrons. The van der Waals surface area contributed by atoms with Gasteiger partial charge < -0.3 is 14.2 Å². The van der Waals surface area contributed by atoms with E-state index in [9.17, 15) is 4.39 Å². The summed E-state index contributed by atoms with van der Waals surface area (Å²) in [6.45, 7) is 1.80. The summed E-state index contributed by atoms with van der Waals surface area (Å²) in [6.07, 6.45) is 0. The van der Waals surface area contributed by atoms with Crippen molar-refractivity contribution in [2.75, 3.05) is 26.4 Å². The van der Waals surface area contributed by atoms with Gasteiger partial charge in [0, 0.05) is 6.07 Å². The van der Waals surface area contributed by atoms with Gasteiger partial charge in [-0.15, -0.1) is 0 Å². The van der Waals surface area contributed by atoms with E-state index < -0.39 is 0 Å². The van der Waals surface area contributed by atoms with Crippen LogP contribution in [0.1, 0.15) is 0 Å². The third-order valence-corrected chi connectivity index (χ3v) is 2.53. The highest BCUT2D eigenvalue weighted by Gasteiger charge is 1.96. The first-order chi connectivity index (χ1) is 9.84. The van der Waals surface area contributed by atoms with Crippen molar-refractivity contribution in [1.82, 2.24) is 0 Å². The predicted octanol–water partition coefficient (Wildman–Crippen LogP) is 3.30. The molecule has 2 aromatic rings. The van der Waals surface area contributed by atoms with Crippen molar-refractivity contribution < 1.29 is 18.6 Å². The van der Waals surface area contributed by atoms with Gasteiger partial charge in [0.1, 0.15) is 30.5 Å². The van der Waals surface area contributed by atoms with E-state index in [1.165, 1.54) is 12.1 Å². The first kappa shape index (κ1) is 14.3. The normalized spacial score (nSPS) is 10.2. The minimum Gasteiger partial charge on any atom is -0.491 e. The lowest BCUT2D eigenvalue weighted by molar-refractivity contribution is 0.0763. The van der Waals surface area contributed by atoms with E-state index in [0.29, 0.717) is 32.2 Å². The van der Waals surface area contributed by atoms with Gasteiger partial charge in [0.25, 0.3) is 0 Å². The molecule has 0 saturated carbocycles. The molecule has 4 heteroatoms. The quantitative estimate of drug-likeness (QED) is 0.692. The molecule has 20 heavy (non-hydrogen) atoms. The zero-order valence-electron chi connectivity index (χ0n) is 11.1. The summed E-state index contributed by atoms with van der Waals surface area (Å²) in [6, 6.07) is 15.6. The lowest BCUT2D eigenvalue weighted by atomic mass is 10.3. The van der Waals surface area contributed by atoms with Crippen molar-refractivity contribution in [3.05, 3.63) is 60.4 Å². The summed E-state index contributed by atoms with van der Waals surface area (Å²) in [5.41, 5.74) is 0. The van der Waals surface area contributed by atoms with E-state index in [1.54, 1.807) is 12.1 Å². The highest BCUT2D eigenvalue weighted by atomic mass is 19.1. The molecule has 0 amide bonds. The predicted molar refractivity (Wildman–Crippen MR) is 74.7 cm³/mol. The average molecular weight is 276 g/mol. The Balaban J connectivity index is 1.52. The third kappa shape index (κ3) is 5.28. The molecule has 0 aliphatic carbocycles. The Labute approximate surface area is 117 Å². The Hall–Kier alpha value is -2.07. The standard InChI is InChI=1S/C16H17FO3/c17-14-5-4-8-16(13-14)20-12-10-18-9-11-19-15-6-2-1-3-7-15/h1-8,13H,9-12H2. The fourth-order valence-electron chi connectivity index (χ4n) is 1.61. The topological polar surface area (TPSA) is 27.7 Å². The molecule has 0 spiro atoms. The molecular weight excluding hydrogens is 259 g/mol. The molecular formula is C16H17FO3. The molecule has 0 bridgehead atoms. The molecule has 3 nitrogen and oxygen atoms in total. The lowest BCUT2D eigenvalue weighted by Gasteiger charge is -2.08. The molecule has 106 valence electrons. The summed E-state index contributed by atoms with van der Waals surface area (Å²) < 4.78 is 29.1. The third-order valence-electron chi connectivity index (χ3n) is 2.53. The molecule has 2 rings (SSSR count). The van der Waals surface area contributed by atoms with Crippen LogP contribution in [0.3, 0.4) is 0 Å². The second kappa shape index (κ2) is 8.17. The van der Waals surface area contributed by atoms with Crippen molar-refractivity contribution in [3.63, 3.8) is 0 Å². The van der Waals surface area contributed by atoms with Crippen LogP contribution in [0.25, 0.3) is 0 Å². The van der Waals surface area contributed by atoms with E-state index in [2.05, 4.69) is 0 Å². The van der Waals surface area contributed by atoms with Gasteiger partial charge in [0.15, 0.2) is 0 Å². The minimum atomic E-state index is -0.306. The van der Waals surface area contributed by atoms with Gasteiger partial charge in [0.2, 0.25) is 0 Å². The Morgan fingerprint density at radius 2 is 1.35 bits per heavy atom. The van der Waals surface area contributed by atoms with Crippen molar-refractivity contribution in [2.45, 2.75) is 0 Å². The Bertz CT molecular complexity index is 502. The fourth-order valence-corrected chi connectivity index (χ4v) is 1.61.